The van der Waals surface area contributed by atoms with Gasteiger partial charge in [0.15, 0.2) is 0 Å². The van der Waals surface area contributed by atoms with Gasteiger partial charge in [0.25, 0.3) is 0 Å². The summed E-state index contributed by atoms with van der Waals surface area (Å²) < 4.78 is 0. The Morgan fingerprint density at radius 1 is 0.315 bits per heavy atom. The molecule has 0 N–H and O–H groups in total. The molecule has 0 saturated carbocycles. The molecule has 73 heavy (non-hydrogen) atoms. The number of fused-ring (bicyclic) bond motifs is 1. The maximum absolute atomic E-state index is 2.61. The second-order valence-electron chi connectivity index (χ2n) is 20.0. The fraction of sp³-hybridized carbons (Fsp3) is 0.114. The fourth-order valence-corrected chi connectivity index (χ4v) is 11.7. The van der Waals surface area contributed by atoms with Gasteiger partial charge >= 0.3 is 0 Å². The van der Waals surface area contributed by atoms with Gasteiger partial charge in [0.2, 0.25) is 0 Å². The van der Waals surface area contributed by atoms with Crippen LogP contribution in [0.2, 0.25) is 0 Å². The molecule has 0 heterocycles. The Balaban J connectivity index is 0.869. The van der Waals surface area contributed by atoms with Crippen molar-refractivity contribution in [2.24, 2.45) is 11.8 Å². The number of hydrogen-bond donors (Lipinski definition) is 0. The lowest BCUT2D eigenvalue weighted by Crippen LogP contribution is -2.32. The van der Waals surface area contributed by atoms with Crippen molar-refractivity contribution in [3.63, 3.8) is 0 Å². The predicted molar refractivity (Wildman–Crippen MR) is 309 cm³/mol. The van der Waals surface area contributed by atoms with Gasteiger partial charge in [-0.05, 0) is 179 Å². The van der Waals surface area contributed by atoms with Crippen LogP contribution in [0.4, 0.5) is 51.2 Å². The van der Waals surface area contributed by atoms with Crippen molar-refractivity contribution >= 4 is 51.2 Å². The highest BCUT2D eigenvalue weighted by molar-refractivity contribution is 5.86. The molecule has 3 heteroatoms. The summed E-state index contributed by atoms with van der Waals surface area (Å²) in [5.41, 5.74) is 22.3. The van der Waals surface area contributed by atoms with Crippen LogP contribution in [0.3, 0.4) is 0 Å². The summed E-state index contributed by atoms with van der Waals surface area (Å²) in [5.74, 6) is 1.93. The van der Waals surface area contributed by atoms with Crippen molar-refractivity contribution in [1.82, 2.24) is 0 Å². The largest absolute Gasteiger partial charge is 0.311 e. The van der Waals surface area contributed by atoms with Gasteiger partial charge in [0, 0.05) is 63.0 Å². The van der Waals surface area contributed by atoms with Crippen LogP contribution in [-0.4, -0.2) is 0 Å². The molecule has 3 aliphatic rings. The molecule has 0 radical (unpaired) electrons. The van der Waals surface area contributed by atoms with Crippen LogP contribution in [0, 0.1) is 11.8 Å². The SMILES string of the molecule is CC1=CC2c3c(-c4ccc(N(c5ccccc5)c5ccccc5)cc4)ccc(-c4ccc(N(c5ccccc5)c5ccc(-c6ccc(N(c7ccccc7)c7ccccc7)cc6)cc5)cc4)c3C1CC2C(C)C. The van der Waals surface area contributed by atoms with E-state index in [0.717, 1.165) is 51.2 Å². The molecule has 0 spiro atoms. The second-order valence-corrected chi connectivity index (χ2v) is 20.0. The van der Waals surface area contributed by atoms with Crippen LogP contribution in [0.5, 0.6) is 0 Å². The summed E-state index contributed by atoms with van der Waals surface area (Å²) in [4.78, 5) is 7.02. The summed E-state index contributed by atoms with van der Waals surface area (Å²) >= 11 is 0. The van der Waals surface area contributed by atoms with Crippen molar-refractivity contribution in [2.75, 3.05) is 14.7 Å². The molecular weight excluding hydrogens is 883 g/mol. The van der Waals surface area contributed by atoms with Crippen LogP contribution >= 0.6 is 0 Å². The van der Waals surface area contributed by atoms with Crippen LogP contribution in [0.15, 0.2) is 273 Å². The third-order valence-corrected chi connectivity index (χ3v) is 15.3. The van der Waals surface area contributed by atoms with E-state index in [1.54, 1.807) is 0 Å². The lowest BCUT2D eigenvalue weighted by atomic mass is 9.58. The van der Waals surface area contributed by atoms with Crippen molar-refractivity contribution in [2.45, 2.75) is 39.0 Å². The van der Waals surface area contributed by atoms with E-state index in [4.69, 9.17) is 0 Å². The molecule has 3 atom stereocenters. The monoisotopic (exact) mass is 941 g/mol. The van der Waals surface area contributed by atoms with Gasteiger partial charge < -0.3 is 14.7 Å². The van der Waals surface area contributed by atoms with Crippen LogP contribution in [0.1, 0.15) is 50.2 Å². The molecule has 0 saturated heterocycles. The molecular formula is C70H59N3. The quantitative estimate of drug-likeness (QED) is 0.107. The molecule has 3 nitrogen and oxygen atoms in total. The number of benzene rings is 10. The van der Waals surface area contributed by atoms with Crippen LogP contribution < -0.4 is 14.7 Å². The minimum atomic E-state index is 0.367. The summed E-state index contributed by atoms with van der Waals surface area (Å²) in [5, 5.41) is 0. The molecule has 2 bridgehead atoms. The first kappa shape index (κ1) is 45.5. The van der Waals surface area contributed by atoms with Crippen molar-refractivity contribution in [1.29, 1.82) is 0 Å². The summed E-state index contributed by atoms with van der Waals surface area (Å²) in [6.07, 6.45) is 3.80. The second kappa shape index (κ2) is 19.9. The van der Waals surface area contributed by atoms with Crippen molar-refractivity contribution in [3.8, 4) is 33.4 Å². The van der Waals surface area contributed by atoms with Gasteiger partial charge in [-0.2, -0.15) is 0 Å². The van der Waals surface area contributed by atoms with Gasteiger partial charge in [0.05, 0.1) is 0 Å². The Bertz CT molecular complexity index is 3400. The average molecular weight is 942 g/mol. The van der Waals surface area contributed by atoms with Crippen molar-refractivity contribution < 1.29 is 0 Å². The average Bonchev–Trinajstić information content (AvgIpc) is 3.45. The van der Waals surface area contributed by atoms with E-state index in [1.165, 1.54) is 56.5 Å². The van der Waals surface area contributed by atoms with E-state index < -0.39 is 0 Å². The zero-order valence-electron chi connectivity index (χ0n) is 41.8. The Morgan fingerprint density at radius 2 is 0.589 bits per heavy atom. The predicted octanol–water partition coefficient (Wildman–Crippen LogP) is 19.9. The zero-order chi connectivity index (χ0) is 49.3. The first-order chi connectivity index (χ1) is 36.0. The number of allylic oxidation sites excluding steroid dienone is 2. The van der Waals surface area contributed by atoms with E-state index in [0.29, 0.717) is 23.7 Å². The zero-order valence-corrected chi connectivity index (χ0v) is 41.8. The molecule has 354 valence electrons. The van der Waals surface area contributed by atoms with Gasteiger partial charge in [-0.1, -0.05) is 177 Å². The standard InChI is InChI=1S/C70H59N3/c1-49(2)66-48-67-50(3)47-68(66)70-65(54-35-41-62(42-36-54)72(57-23-13-6-14-24-57)58-25-15-7-16-26-58)46-45-64(69(67)70)53-33-43-63(44-34-53)73(59-27-17-8-18-28-59)61-39-31-52(32-40-61)51-29-37-60(38-30-51)71(55-19-9-4-10-20-55)56-21-11-5-12-22-56/h4-47,49,66-68H,48H2,1-3H3. The lowest BCUT2D eigenvalue weighted by Gasteiger charge is -2.46. The minimum absolute atomic E-state index is 0.367. The van der Waals surface area contributed by atoms with E-state index in [2.05, 4.69) is 302 Å². The third-order valence-electron chi connectivity index (χ3n) is 15.3. The smallest absolute Gasteiger partial charge is 0.0462 e. The maximum atomic E-state index is 2.61. The highest BCUT2D eigenvalue weighted by Gasteiger charge is 2.43. The third kappa shape index (κ3) is 8.82. The van der Waals surface area contributed by atoms with Crippen LogP contribution in [-0.2, 0) is 0 Å². The molecule has 3 unspecified atom stereocenters. The molecule has 13 rings (SSSR count). The van der Waals surface area contributed by atoms with E-state index in [-0.39, 0.29) is 0 Å². The highest BCUT2D eigenvalue weighted by Crippen LogP contribution is 2.58. The molecule has 0 fully saturated rings. The molecule has 10 aromatic rings. The summed E-state index contributed by atoms with van der Waals surface area (Å²) in [7, 11) is 0. The normalized spacial score (nSPS) is 15.6. The van der Waals surface area contributed by atoms with E-state index in [1.807, 2.05) is 0 Å². The number of para-hydroxylation sites is 5. The van der Waals surface area contributed by atoms with Crippen molar-refractivity contribution in [3.05, 3.63) is 284 Å². The van der Waals surface area contributed by atoms with E-state index >= 15 is 0 Å². The topological polar surface area (TPSA) is 9.72 Å². The first-order valence-electron chi connectivity index (χ1n) is 25.9. The minimum Gasteiger partial charge on any atom is -0.311 e. The number of hydrogen-bond acceptors (Lipinski definition) is 3. The van der Waals surface area contributed by atoms with Crippen LogP contribution in [0.25, 0.3) is 33.4 Å². The number of rotatable bonds is 13. The highest BCUT2D eigenvalue weighted by atomic mass is 15.2. The Kier molecular flexibility index (Phi) is 12.4. The number of anilines is 9. The first-order valence-corrected chi connectivity index (χ1v) is 25.9. The maximum Gasteiger partial charge on any atom is 0.0462 e. The summed E-state index contributed by atoms with van der Waals surface area (Å²) in [6.45, 7) is 7.21. The fourth-order valence-electron chi connectivity index (χ4n) is 11.7. The molecule has 0 aromatic heterocycles. The number of nitrogens with zero attached hydrogens (tertiary/aromatic N) is 3. The molecule has 10 aromatic carbocycles. The van der Waals surface area contributed by atoms with Gasteiger partial charge in [0.1, 0.15) is 0 Å². The Morgan fingerprint density at radius 3 is 0.890 bits per heavy atom. The van der Waals surface area contributed by atoms with Gasteiger partial charge in [-0.15, -0.1) is 0 Å². The summed E-state index contributed by atoms with van der Waals surface area (Å²) in [6, 6.07) is 94.6. The molecule has 0 aliphatic heterocycles. The molecule has 3 aliphatic carbocycles. The van der Waals surface area contributed by atoms with E-state index in [9.17, 15) is 0 Å². The Labute approximate surface area is 431 Å². The van der Waals surface area contributed by atoms with Gasteiger partial charge in [-0.3, -0.25) is 0 Å². The Hall–Kier alpha value is -8.66. The van der Waals surface area contributed by atoms with Gasteiger partial charge in [-0.25, -0.2) is 0 Å². The lowest BCUT2D eigenvalue weighted by molar-refractivity contribution is 0.281. The molecule has 0 amide bonds.